The van der Waals surface area contributed by atoms with Gasteiger partial charge >= 0.3 is 0 Å². The van der Waals surface area contributed by atoms with Crippen LogP contribution >= 0.6 is 0 Å². The average Bonchev–Trinajstić information content (AvgIpc) is 2.13. The minimum Gasteiger partial charge on any atom is -0.393 e. The van der Waals surface area contributed by atoms with Crippen LogP contribution in [0, 0.1) is 11.8 Å². The fourth-order valence-electron chi connectivity index (χ4n) is 1.94. The second-order valence-electron chi connectivity index (χ2n) is 4.26. The van der Waals surface area contributed by atoms with Crippen LogP contribution in [-0.2, 0) is 0 Å². The van der Waals surface area contributed by atoms with Crippen molar-refractivity contribution in [1.82, 2.24) is 0 Å². The predicted molar refractivity (Wildman–Crippen MR) is 55.5 cm³/mol. The van der Waals surface area contributed by atoms with Crippen LogP contribution in [0.1, 0.15) is 47.5 Å². The Bertz CT molecular complexity index is 145. The van der Waals surface area contributed by atoms with Gasteiger partial charge in [-0.05, 0) is 18.8 Å². The van der Waals surface area contributed by atoms with E-state index in [-0.39, 0.29) is 11.8 Å². The van der Waals surface area contributed by atoms with Gasteiger partial charge in [-0.3, -0.25) is 0 Å². The first-order valence-corrected chi connectivity index (χ1v) is 5.30. The third-order valence-electron chi connectivity index (χ3n) is 3.35. The van der Waals surface area contributed by atoms with Gasteiger partial charge in [0.15, 0.2) is 0 Å². The number of hydrogen-bond acceptors (Lipinski definition) is 2. The Morgan fingerprint density at radius 2 is 1.62 bits per heavy atom. The van der Waals surface area contributed by atoms with Crippen molar-refractivity contribution in [1.29, 1.82) is 0 Å². The number of aliphatic hydroxyl groups is 2. The molecular weight excluding hydrogens is 164 g/mol. The van der Waals surface area contributed by atoms with Crippen LogP contribution < -0.4 is 0 Å². The normalized spacial score (nSPS) is 21.2. The third-order valence-corrected chi connectivity index (χ3v) is 3.35. The highest BCUT2D eigenvalue weighted by Crippen LogP contribution is 2.32. The molecule has 0 radical (unpaired) electrons. The summed E-state index contributed by atoms with van der Waals surface area (Å²) in [7, 11) is 0. The first-order valence-electron chi connectivity index (χ1n) is 5.30. The van der Waals surface area contributed by atoms with E-state index in [0.717, 1.165) is 0 Å². The minimum atomic E-state index is -0.727. The molecule has 0 aromatic heterocycles. The molecule has 0 saturated carbocycles. The van der Waals surface area contributed by atoms with Gasteiger partial charge in [-0.2, -0.15) is 0 Å². The Morgan fingerprint density at radius 3 is 1.85 bits per heavy atom. The Morgan fingerprint density at radius 1 is 1.15 bits per heavy atom. The molecule has 0 unspecified atom stereocenters. The lowest BCUT2D eigenvalue weighted by atomic mass is 9.74. The molecule has 0 bridgehead atoms. The van der Waals surface area contributed by atoms with Crippen LogP contribution in [0.15, 0.2) is 0 Å². The fraction of sp³-hybridized carbons (Fsp3) is 1.00. The number of hydrogen-bond donors (Lipinski definition) is 2. The molecule has 0 aromatic carbocycles. The molecule has 0 aliphatic carbocycles. The Kier molecular flexibility index (Phi) is 4.93. The smallest absolute Gasteiger partial charge is 0.0717 e. The second-order valence-corrected chi connectivity index (χ2v) is 4.26. The molecule has 3 atom stereocenters. The lowest BCUT2D eigenvalue weighted by Crippen LogP contribution is -2.46. The summed E-state index contributed by atoms with van der Waals surface area (Å²) in [6.07, 6.45) is 1.01. The van der Waals surface area contributed by atoms with Crippen LogP contribution in [0.25, 0.3) is 0 Å². The summed E-state index contributed by atoms with van der Waals surface area (Å²) in [6.45, 7) is 9.85. The van der Waals surface area contributed by atoms with E-state index in [2.05, 4.69) is 0 Å². The van der Waals surface area contributed by atoms with E-state index in [1.54, 1.807) is 0 Å². The van der Waals surface area contributed by atoms with Crippen molar-refractivity contribution in [3.8, 4) is 0 Å². The Labute approximate surface area is 82.0 Å². The van der Waals surface area contributed by atoms with Crippen molar-refractivity contribution in [3.05, 3.63) is 0 Å². The SMILES string of the molecule is CC[C@H](O)[C@@H](C)[C@](O)(CC)C(C)C. The molecule has 0 fully saturated rings. The van der Waals surface area contributed by atoms with Crippen molar-refractivity contribution in [2.24, 2.45) is 11.8 Å². The predicted octanol–water partition coefficient (Wildman–Crippen LogP) is 2.19. The molecule has 0 aromatic rings. The summed E-state index contributed by atoms with van der Waals surface area (Å²) in [5.74, 6) is 0.135. The molecule has 2 N–H and O–H groups in total. The van der Waals surface area contributed by atoms with Crippen LogP contribution in [0.3, 0.4) is 0 Å². The maximum atomic E-state index is 10.3. The topological polar surface area (TPSA) is 40.5 Å². The molecule has 2 nitrogen and oxygen atoms in total. The Hall–Kier alpha value is -0.0800. The average molecular weight is 188 g/mol. The first kappa shape index (κ1) is 12.9. The van der Waals surface area contributed by atoms with Gasteiger partial charge < -0.3 is 10.2 Å². The lowest BCUT2D eigenvalue weighted by Gasteiger charge is -2.39. The van der Waals surface area contributed by atoms with Crippen LogP contribution in [-0.4, -0.2) is 21.9 Å². The van der Waals surface area contributed by atoms with Gasteiger partial charge in [0.25, 0.3) is 0 Å². The zero-order valence-electron chi connectivity index (χ0n) is 9.54. The van der Waals surface area contributed by atoms with Gasteiger partial charge in [0.2, 0.25) is 0 Å². The van der Waals surface area contributed by atoms with Crippen molar-refractivity contribution in [3.63, 3.8) is 0 Å². The van der Waals surface area contributed by atoms with E-state index in [1.807, 2.05) is 34.6 Å². The highest BCUT2D eigenvalue weighted by Gasteiger charge is 2.38. The number of aliphatic hydroxyl groups excluding tert-OH is 1. The lowest BCUT2D eigenvalue weighted by molar-refractivity contribution is -0.0973. The maximum Gasteiger partial charge on any atom is 0.0717 e. The molecule has 80 valence electrons. The van der Waals surface area contributed by atoms with Crippen LogP contribution in [0.5, 0.6) is 0 Å². The molecule has 13 heavy (non-hydrogen) atoms. The van der Waals surface area contributed by atoms with Gasteiger partial charge in [0, 0.05) is 5.92 Å². The van der Waals surface area contributed by atoms with E-state index in [1.165, 1.54) is 0 Å². The first-order chi connectivity index (χ1) is 5.90. The molecule has 0 amide bonds. The van der Waals surface area contributed by atoms with E-state index in [0.29, 0.717) is 12.8 Å². The summed E-state index contributed by atoms with van der Waals surface area (Å²) in [5, 5.41) is 20.0. The van der Waals surface area contributed by atoms with Crippen molar-refractivity contribution >= 4 is 0 Å². The van der Waals surface area contributed by atoms with Crippen molar-refractivity contribution in [2.75, 3.05) is 0 Å². The van der Waals surface area contributed by atoms with E-state index >= 15 is 0 Å². The summed E-state index contributed by atoms with van der Waals surface area (Å²) in [5.41, 5.74) is -0.727. The molecule has 0 saturated heterocycles. The zero-order chi connectivity index (χ0) is 10.6. The fourth-order valence-corrected chi connectivity index (χ4v) is 1.94. The van der Waals surface area contributed by atoms with Crippen LogP contribution in [0.2, 0.25) is 0 Å². The minimum absolute atomic E-state index is 0.0532. The zero-order valence-corrected chi connectivity index (χ0v) is 9.54. The van der Waals surface area contributed by atoms with Gasteiger partial charge in [-0.15, -0.1) is 0 Å². The summed E-state index contributed by atoms with van der Waals surface area (Å²) < 4.78 is 0. The van der Waals surface area contributed by atoms with Gasteiger partial charge in [-0.25, -0.2) is 0 Å². The molecule has 2 heteroatoms. The van der Waals surface area contributed by atoms with Gasteiger partial charge in [0.05, 0.1) is 11.7 Å². The molecule has 0 aliphatic rings. The van der Waals surface area contributed by atoms with Crippen molar-refractivity contribution in [2.45, 2.75) is 59.2 Å². The number of rotatable bonds is 5. The summed E-state index contributed by atoms with van der Waals surface area (Å²) in [6, 6.07) is 0. The quantitative estimate of drug-likeness (QED) is 0.694. The summed E-state index contributed by atoms with van der Waals surface area (Å²) in [4.78, 5) is 0. The maximum absolute atomic E-state index is 10.3. The highest BCUT2D eigenvalue weighted by atomic mass is 16.3. The highest BCUT2D eigenvalue weighted by molar-refractivity contribution is 4.88. The largest absolute Gasteiger partial charge is 0.393 e. The second kappa shape index (κ2) is 4.97. The third kappa shape index (κ3) is 2.68. The molecule has 0 spiro atoms. The molecule has 0 heterocycles. The van der Waals surface area contributed by atoms with E-state index < -0.39 is 11.7 Å². The molecule has 0 rings (SSSR count). The summed E-state index contributed by atoms with van der Waals surface area (Å²) >= 11 is 0. The monoisotopic (exact) mass is 188 g/mol. The van der Waals surface area contributed by atoms with E-state index in [9.17, 15) is 10.2 Å². The van der Waals surface area contributed by atoms with E-state index in [4.69, 9.17) is 0 Å². The Balaban J connectivity index is 4.55. The van der Waals surface area contributed by atoms with Crippen LogP contribution in [0.4, 0.5) is 0 Å². The van der Waals surface area contributed by atoms with Gasteiger partial charge in [-0.1, -0.05) is 34.6 Å². The molecular formula is C11H24O2. The standard InChI is InChI=1S/C11H24O2/c1-6-10(12)9(5)11(13,7-2)8(3)4/h8-10,12-13H,6-7H2,1-5H3/t9-,10+,11+/m1/s1. The van der Waals surface area contributed by atoms with Crippen molar-refractivity contribution < 1.29 is 10.2 Å². The molecule has 0 aliphatic heterocycles. The van der Waals surface area contributed by atoms with Gasteiger partial charge in [0.1, 0.15) is 0 Å².